The van der Waals surface area contributed by atoms with Crippen molar-refractivity contribution in [2.45, 2.75) is 65.0 Å². The molecule has 1 heterocycles. The number of nitrogens with one attached hydrogen (secondary N) is 1. The van der Waals surface area contributed by atoms with E-state index in [0.29, 0.717) is 0 Å². The SMILES string of the molecule is CCCNC1CCC(n2c(C)ccc2C)CC1. The van der Waals surface area contributed by atoms with Crippen molar-refractivity contribution in [3.8, 4) is 0 Å². The molecule has 1 saturated carbocycles. The van der Waals surface area contributed by atoms with Crippen LogP contribution in [0.4, 0.5) is 0 Å². The van der Waals surface area contributed by atoms with E-state index in [1.54, 1.807) is 0 Å². The molecule has 1 aliphatic rings. The maximum absolute atomic E-state index is 3.66. The van der Waals surface area contributed by atoms with Crippen molar-refractivity contribution in [3.63, 3.8) is 0 Å². The molecule has 0 spiro atoms. The third-order valence-electron chi connectivity index (χ3n) is 4.07. The van der Waals surface area contributed by atoms with Crippen molar-refractivity contribution < 1.29 is 0 Å². The molecule has 0 aromatic carbocycles. The number of hydrogen-bond acceptors (Lipinski definition) is 1. The second kappa shape index (κ2) is 5.72. The molecule has 0 saturated heterocycles. The highest BCUT2D eigenvalue weighted by Gasteiger charge is 2.22. The van der Waals surface area contributed by atoms with Gasteiger partial charge in [-0.1, -0.05) is 6.92 Å². The van der Waals surface area contributed by atoms with E-state index in [1.807, 2.05) is 0 Å². The van der Waals surface area contributed by atoms with Crippen LogP contribution in [0.1, 0.15) is 56.5 Å². The van der Waals surface area contributed by atoms with E-state index in [-0.39, 0.29) is 0 Å². The van der Waals surface area contributed by atoms with Gasteiger partial charge in [0.25, 0.3) is 0 Å². The van der Waals surface area contributed by atoms with Crippen molar-refractivity contribution in [3.05, 3.63) is 23.5 Å². The van der Waals surface area contributed by atoms with Crippen LogP contribution in [0.3, 0.4) is 0 Å². The first-order valence-corrected chi connectivity index (χ1v) is 7.10. The van der Waals surface area contributed by atoms with Crippen molar-refractivity contribution in [2.75, 3.05) is 6.54 Å². The first-order valence-electron chi connectivity index (χ1n) is 7.10. The van der Waals surface area contributed by atoms with Gasteiger partial charge in [-0.3, -0.25) is 0 Å². The Labute approximate surface area is 105 Å². The highest BCUT2D eigenvalue weighted by molar-refractivity contribution is 5.15. The van der Waals surface area contributed by atoms with Crippen molar-refractivity contribution in [2.24, 2.45) is 0 Å². The lowest BCUT2D eigenvalue weighted by atomic mass is 9.90. The summed E-state index contributed by atoms with van der Waals surface area (Å²) in [6.45, 7) is 7.88. The number of rotatable bonds is 4. The van der Waals surface area contributed by atoms with E-state index in [2.05, 4.69) is 42.8 Å². The molecule has 0 unspecified atom stereocenters. The van der Waals surface area contributed by atoms with Gasteiger partial charge in [-0.2, -0.15) is 0 Å². The van der Waals surface area contributed by atoms with Gasteiger partial charge in [0.2, 0.25) is 0 Å². The lowest BCUT2D eigenvalue weighted by Gasteiger charge is -2.31. The van der Waals surface area contributed by atoms with E-state index >= 15 is 0 Å². The number of aromatic nitrogens is 1. The summed E-state index contributed by atoms with van der Waals surface area (Å²) >= 11 is 0. The fourth-order valence-corrected chi connectivity index (χ4v) is 3.14. The first kappa shape index (κ1) is 12.7. The van der Waals surface area contributed by atoms with Crippen molar-refractivity contribution in [1.82, 2.24) is 9.88 Å². The lowest BCUT2D eigenvalue weighted by Crippen LogP contribution is -2.34. The summed E-state index contributed by atoms with van der Waals surface area (Å²) in [5.41, 5.74) is 2.85. The zero-order valence-corrected chi connectivity index (χ0v) is 11.5. The average Bonchev–Trinajstić information content (AvgIpc) is 2.67. The Hall–Kier alpha value is -0.760. The molecule has 2 rings (SSSR count). The summed E-state index contributed by atoms with van der Waals surface area (Å²) in [5, 5.41) is 3.66. The van der Waals surface area contributed by atoms with Gasteiger partial charge < -0.3 is 9.88 Å². The number of nitrogens with zero attached hydrogens (tertiary/aromatic N) is 1. The first-order chi connectivity index (χ1) is 8.22. The van der Waals surface area contributed by atoms with Gasteiger partial charge >= 0.3 is 0 Å². The van der Waals surface area contributed by atoms with Crippen LogP contribution in [0.15, 0.2) is 12.1 Å². The smallest absolute Gasteiger partial charge is 0.0336 e. The Morgan fingerprint density at radius 2 is 1.71 bits per heavy atom. The van der Waals surface area contributed by atoms with Crippen LogP contribution in [0, 0.1) is 13.8 Å². The third kappa shape index (κ3) is 2.92. The van der Waals surface area contributed by atoms with Gasteiger partial charge in [0, 0.05) is 23.5 Å². The quantitative estimate of drug-likeness (QED) is 0.842. The molecule has 0 radical (unpaired) electrons. The van der Waals surface area contributed by atoms with Crippen LogP contribution >= 0.6 is 0 Å². The summed E-state index contributed by atoms with van der Waals surface area (Å²) in [7, 11) is 0. The molecule has 0 bridgehead atoms. The van der Waals surface area contributed by atoms with E-state index in [4.69, 9.17) is 0 Å². The van der Waals surface area contributed by atoms with Gasteiger partial charge in [0.15, 0.2) is 0 Å². The van der Waals surface area contributed by atoms with Gasteiger partial charge in [-0.15, -0.1) is 0 Å². The largest absolute Gasteiger partial charge is 0.346 e. The van der Waals surface area contributed by atoms with Crippen LogP contribution in [0.2, 0.25) is 0 Å². The Balaban J connectivity index is 1.91. The average molecular weight is 234 g/mol. The van der Waals surface area contributed by atoms with E-state index < -0.39 is 0 Å². The molecule has 2 nitrogen and oxygen atoms in total. The van der Waals surface area contributed by atoms with Crippen LogP contribution < -0.4 is 5.32 Å². The van der Waals surface area contributed by atoms with E-state index in [0.717, 1.165) is 12.1 Å². The van der Waals surface area contributed by atoms with Gasteiger partial charge in [-0.05, 0) is 64.6 Å². The van der Waals surface area contributed by atoms with Gasteiger partial charge in [0.05, 0.1) is 0 Å². The fraction of sp³-hybridized carbons (Fsp3) is 0.733. The molecule has 96 valence electrons. The fourth-order valence-electron chi connectivity index (χ4n) is 3.14. The molecule has 1 aliphatic carbocycles. The normalized spacial score (nSPS) is 25.1. The van der Waals surface area contributed by atoms with Gasteiger partial charge in [0.1, 0.15) is 0 Å². The molecule has 1 N–H and O–H groups in total. The molecule has 2 heteroatoms. The zero-order chi connectivity index (χ0) is 12.3. The summed E-state index contributed by atoms with van der Waals surface area (Å²) in [6, 6.07) is 6.00. The monoisotopic (exact) mass is 234 g/mol. The van der Waals surface area contributed by atoms with Crippen molar-refractivity contribution >= 4 is 0 Å². The standard InChI is InChI=1S/C15H26N2/c1-4-11-16-14-7-9-15(10-8-14)17-12(2)5-6-13(17)3/h5-6,14-16H,4,7-11H2,1-3H3. The summed E-state index contributed by atoms with van der Waals surface area (Å²) in [6.07, 6.45) is 6.58. The van der Waals surface area contributed by atoms with E-state index in [9.17, 15) is 0 Å². The molecular weight excluding hydrogens is 208 g/mol. The number of aryl methyl sites for hydroxylation is 2. The minimum absolute atomic E-state index is 0.740. The third-order valence-corrected chi connectivity index (χ3v) is 4.07. The second-order valence-corrected chi connectivity index (χ2v) is 5.45. The molecule has 17 heavy (non-hydrogen) atoms. The molecule has 1 fully saturated rings. The highest BCUT2D eigenvalue weighted by atomic mass is 15.0. The van der Waals surface area contributed by atoms with Crippen LogP contribution in [0.25, 0.3) is 0 Å². The Bertz CT molecular complexity index is 326. The topological polar surface area (TPSA) is 17.0 Å². The molecule has 1 aromatic rings. The summed E-state index contributed by atoms with van der Waals surface area (Å²) in [5.74, 6) is 0. The predicted molar refractivity (Wildman–Crippen MR) is 73.5 cm³/mol. The maximum atomic E-state index is 3.66. The molecular formula is C15H26N2. The highest BCUT2D eigenvalue weighted by Crippen LogP contribution is 2.31. The molecule has 0 amide bonds. The Kier molecular flexibility index (Phi) is 4.27. The van der Waals surface area contributed by atoms with Crippen LogP contribution in [-0.4, -0.2) is 17.2 Å². The zero-order valence-electron chi connectivity index (χ0n) is 11.5. The van der Waals surface area contributed by atoms with Crippen LogP contribution in [0.5, 0.6) is 0 Å². The number of hydrogen-bond donors (Lipinski definition) is 1. The Morgan fingerprint density at radius 1 is 1.12 bits per heavy atom. The predicted octanol–water partition coefficient (Wildman–Crippen LogP) is 3.59. The minimum atomic E-state index is 0.740. The van der Waals surface area contributed by atoms with Crippen molar-refractivity contribution in [1.29, 1.82) is 0 Å². The maximum Gasteiger partial charge on any atom is 0.0336 e. The summed E-state index contributed by atoms with van der Waals surface area (Å²) in [4.78, 5) is 0. The summed E-state index contributed by atoms with van der Waals surface area (Å²) < 4.78 is 2.54. The minimum Gasteiger partial charge on any atom is -0.346 e. The lowest BCUT2D eigenvalue weighted by molar-refractivity contribution is 0.287. The molecule has 0 atom stereocenters. The molecule has 1 aromatic heterocycles. The Morgan fingerprint density at radius 3 is 2.24 bits per heavy atom. The van der Waals surface area contributed by atoms with Gasteiger partial charge in [-0.25, -0.2) is 0 Å². The second-order valence-electron chi connectivity index (χ2n) is 5.45. The van der Waals surface area contributed by atoms with E-state index in [1.165, 1.54) is 50.0 Å². The van der Waals surface area contributed by atoms with Crippen LogP contribution in [-0.2, 0) is 0 Å². The molecule has 0 aliphatic heterocycles.